The monoisotopic (exact) mass is 328 g/mol. The van der Waals surface area contributed by atoms with Crippen LogP contribution in [0.15, 0.2) is 6.07 Å². The van der Waals surface area contributed by atoms with E-state index in [1.54, 1.807) is 10.4 Å². The fraction of sp³-hybridized carbons (Fsp3) is 0.692. The molecule has 3 aliphatic rings. The van der Waals surface area contributed by atoms with Gasteiger partial charge in [-0.05, 0) is 0 Å². The van der Waals surface area contributed by atoms with Gasteiger partial charge in [-0.15, -0.1) is 0 Å². The van der Waals surface area contributed by atoms with Crippen LogP contribution in [-0.2, 0) is 0 Å². The van der Waals surface area contributed by atoms with Crippen LogP contribution < -0.4 is 2.89 Å². The van der Waals surface area contributed by atoms with Crippen molar-refractivity contribution in [2.75, 3.05) is 0 Å². The molecule has 4 rings (SSSR count). The van der Waals surface area contributed by atoms with E-state index >= 15 is 0 Å². The van der Waals surface area contributed by atoms with Crippen molar-refractivity contribution in [2.24, 2.45) is 0 Å². The quantitative estimate of drug-likeness (QED) is 0.683. The van der Waals surface area contributed by atoms with Gasteiger partial charge in [-0.25, -0.2) is 0 Å². The summed E-state index contributed by atoms with van der Waals surface area (Å²) in [6.45, 7) is 0. The van der Waals surface area contributed by atoms with Gasteiger partial charge in [0.1, 0.15) is 0 Å². The fourth-order valence-corrected chi connectivity index (χ4v) is 9.81. The number of rotatable bonds is 1. The molecule has 0 nitrogen and oxygen atoms in total. The molecule has 2 heteroatoms. The average Bonchev–Trinajstić information content (AvgIpc) is 2.64. The van der Waals surface area contributed by atoms with Gasteiger partial charge in [-0.2, -0.15) is 0 Å². The molecule has 82 valence electrons. The molecule has 0 unspecified atom stereocenters. The first kappa shape index (κ1) is 10.6. The van der Waals surface area contributed by atoms with Gasteiger partial charge < -0.3 is 0 Å². The van der Waals surface area contributed by atoms with E-state index < -0.39 is 18.4 Å². The second-order valence-electron chi connectivity index (χ2n) is 6.23. The van der Waals surface area contributed by atoms with Gasteiger partial charge >= 0.3 is 101 Å². The molecule has 0 radical (unpaired) electrons. The summed E-state index contributed by atoms with van der Waals surface area (Å²) in [5, 5.41) is 0. The van der Waals surface area contributed by atoms with E-state index in [9.17, 15) is 0 Å². The van der Waals surface area contributed by atoms with E-state index in [1.807, 2.05) is 2.89 Å². The summed E-state index contributed by atoms with van der Waals surface area (Å²) in [6.07, 6.45) is 5.93. The Hall–Kier alpha value is 0.499. The summed E-state index contributed by atoms with van der Waals surface area (Å²) >= 11 is 0.415. The van der Waals surface area contributed by atoms with Crippen LogP contribution in [0.5, 0.6) is 0 Å². The molecular weight excluding hydrogens is 307 g/mol. The molecule has 0 N–H and O–H groups in total. The third-order valence-corrected chi connectivity index (χ3v) is 14.8. The predicted molar refractivity (Wildman–Crippen MR) is 71.2 cm³/mol. The van der Waals surface area contributed by atoms with E-state index in [-0.39, 0.29) is 0 Å². The van der Waals surface area contributed by atoms with Crippen molar-refractivity contribution in [3.63, 3.8) is 0 Å². The van der Waals surface area contributed by atoms with Crippen LogP contribution in [0.3, 0.4) is 0 Å². The minimum atomic E-state index is -1.78. The van der Waals surface area contributed by atoms with Crippen LogP contribution in [-0.4, -0.2) is 18.4 Å². The van der Waals surface area contributed by atoms with Gasteiger partial charge in [0.05, 0.1) is 0 Å². The SMILES string of the molecule is [CH3][Sn]([CH3])([CH3])[c]1cc2c(s1)C1CCC2CC1. The number of fused-ring (bicyclic) bond motifs is 2. The zero-order valence-electron chi connectivity index (χ0n) is 9.97. The molecule has 1 heterocycles. The second-order valence-corrected chi connectivity index (χ2v) is 22.7. The molecule has 0 aromatic carbocycles. The van der Waals surface area contributed by atoms with Crippen molar-refractivity contribution in [1.82, 2.24) is 0 Å². The van der Waals surface area contributed by atoms with Gasteiger partial charge in [-0.3, -0.25) is 0 Å². The van der Waals surface area contributed by atoms with Gasteiger partial charge in [0.25, 0.3) is 0 Å². The molecule has 1 aromatic rings. The summed E-state index contributed by atoms with van der Waals surface area (Å²) in [7, 11) is 0. The Balaban J connectivity index is 2.08. The van der Waals surface area contributed by atoms with Crippen LogP contribution in [0, 0.1) is 0 Å². The second kappa shape index (κ2) is 3.49. The summed E-state index contributed by atoms with van der Waals surface area (Å²) in [4.78, 5) is 9.45. The van der Waals surface area contributed by atoms with E-state index in [0.29, 0.717) is 0 Å². The van der Waals surface area contributed by atoms with Crippen molar-refractivity contribution in [2.45, 2.75) is 52.3 Å². The van der Waals surface area contributed by atoms with E-state index in [0.717, 1.165) is 11.8 Å². The van der Waals surface area contributed by atoms with Crippen LogP contribution in [0.25, 0.3) is 0 Å². The molecule has 0 saturated heterocycles. The molecule has 0 spiro atoms. The fourth-order valence-electron chi connectivity index (χ4n) is 3.09. The van der Waals surface area contributed by atoms with Crippen molar-refractivity contribution >= 4 is 32.6 Å². The Morgan fingerprint density at radius 2 is 1.67 bits per heavy atom. The zero-order chi connectivity index (χ0) is 10.6. The summed E-state index contributed by atoms with van der Waals surface area (Å²) in [5.41, 5.74) is 1.78. The normalized spacial score (nSPS) is 29.3. The molecule has 0 atom stereocenters. The molecule has 15 heavy (non-hydrogen) atoms. The number of thiophene rings is 1. The molecule has 1 aromatic heterocycles. The molecule has 0 aliphatic heterocycles. The third-order valence-electron chi connectivity index (χ3n) is 4.07. The predicted octanol–water partition coefficient (Wildman–Crippen LogP) is 4.05. The third kappa shape index (κ3) is 1.70. The Labute approximate surface area is 101 Å². The molecular formula is C13H20SSn. The van der Waals surface area contributed by atoms with Crippen LogP contribution in [0.2, 0.25) is 14.8 Å². The maximum absolute atomic E-state index is 2.62. The Morgan fingerprint density at radius 1 is 1.07 bits per heavy atom. The molecule has 3 aliphatic carbocycles. The molecule has 1 saturated carbocycles. The van der Waals surface area contributed by atoms with Crippen LogP contribution in [0.4, 0.5) is 0 Å². The maximum atomic E-state index is 2.62. The van der Waals surface area contributed by atoms with Gasteiger partial charge in [0.15, 0.2) is 0 Å². The zero-order valence-corrected chi connectivity index (χ0v) is 13.6. The van der Waals surface area contributed by atoms with Crippen molar-refractivity contribution in [3.05, 3.63) is 16.5 Å². The van der Waals surface area contributed by atoms with Crippen molar-refractivity contribution < 1.29 is 0 Å². The average molecular weight is 327 g/mol. The van der Waals surface area contributed by atoms with Crippen LogP contribution in [0.1, 0.15) is 48.0 Å². The number of hydrogen-bond donors (Lipinski definition) is 0. The minimum absolute atomic E-state index is 0.948. The first-order chi connectivity index (χ1) is 7.05. The Kier molecular flexibility index (Phi) is 2.48. The summed E-state index contributed by atoms with van der Waals surface area (Å²) < 4.78 is 1.81. The summed E-state index contributed by atoms with van der Waals surface area (Å²) in [6, 6.07) is 2.62. The van der Waals surface area contributed by atoms with E-state index in [2.05, 4.69) is 32.2 Å². The standard InChI is InChI=1S/C10H11S.3CH3.Sn/c1-3-8-4-2-7(1)9-5-6-11-10(8)9;;;;/h5,7-8H,1-4H2;3*1H3;. The summed E-state index contributed by atoms with van der Waals surface area (Å²) in [5.74, 6) is 1.90. The molecule has 1 fully saturated rings. The van der Waals surface area contributed by atoms with Crippen molar-refractivity contribution in [1.29, 1.82) is 0 Å². The van der Waals surface area contributed by atoms with Gasteiger partial charge in [-0.1, -0.05) is 0 Å². The topological polar surface area (TPSA) is 0 Å². The van der Waals surface area contributed by atoms with Crippen molar-refractivity contribution in [3.8, 4) is 0 Å². The molecule has 2 bridgehead atoms. The Morgan fingerprint density at radius 3 is 2.20 bits per heavy atom. The molecule has 0 amide bonds. The van der Waals surface area contributed by atoms with Crippen LogP contribution >= 0.6 is 11.3 Å². The first-order valence-corrected chi connectivity index (χ1v) is 17.0. The number of hydrogen-bond acceptors (Lipinski definition) is 1. The van der Waals surface area contributed by atoms with Gasteiger partial charge in [0.2, 0.25) is 0 Å². The van der Waals surface area contributed by atoms with Gasteiger partial charge in [0, 0.05) is 0 Å². The van der Waals surface area contributed by atoms with E-state index in [1.165, 1.54) is 25.7 Å². The first-order valence-electron chi connectivity index (χ1n) is 6.20. The van der Waals surface area contributed by atoms with E-state index in [4.69, 9.17) is 0 Å². The Bertz CT molecular complexity index is 348.